The first-order chi connectivity index (χ1) is 12.9. The van der Waals surface area contributed by atoms with Crippen molar-refractivity contribution < 1.29 is 0 Å². The highest BCUT2D eigenvalue weighted by Gasteiger charge is 2.19. The van der Waals surface area contributed by atoms with Crippen LogP contribution in [-0.4, -0.2) is 4.98 Å². The summed E-state index contributed by atoms with van der Waals surface area (Å²) in [6.07, 6.45) is 2.44. The lowest BCUT2D eigenvalue weighted by Gasteiger charge is -2.15. The lowest BCUT2D eigenvalue weighted by atomic mass is 9.92. The fraction of sp³-hybridized carbons (Fsp3) is 0.0870. The highest BCUT2D eigenvalue weighted by atomic mass is 16.3. The van der Waals surface area contributed by atoms with E-state index >= 15 is 0 Å². The van der Waals surface area contributed by atoms with Crippen LogP contribution < -0.4 is 0 Å². The van der Waals surface area contributed by atoms with Gasteiger partial charge >= 0.3 is 0 Å². The van der Waals surface area contributed by atoms with Gasteiger partial charge in [0.05, 0.1) is 5.69 Å². The van der Waals surface area contributed by atoms with Crippen molar-refractivity contribution in [1.29, 1.82) is 0 Å². The van der Waals surface area contributed by atoms with E-state index in [9.17, 15) is 4.91 Å². The Kier molecular flexibility index (Phi) is 4.52. The molecule has 4 rings (SSSR count). The lowest BCUT2D eigenvalue weighted by molar-refractivity contribution is 0.810. The number of pyridine rings is 1. The Hall–Kier alpha value is -3.33. The van der Waals surface area contributed by atoms with Crippen LogP contribution in [0, 0.1) is 4.91 Å². The molecule has 0 bridgehead atoms. The first-order valence-electron chi connectivity index (χ1n) is 8.64. The molecule has 0 amide bonds. The molecular weight excluding hydrogens is 320 g/mol. The van der Waals surface area contributed by atoms with Crippen LogP contribution in [0.15, 0.2) is 96.3 Å². The van der Waals surface area contributed by atoms with E-state index in [1.807, 2.05) is 42.5 Å². The summed E-state index contributed by atoms with van der Waals surface area (Å²) in [5, 5.41) is 5.83. The molecule has 4 aromatic rings. The molecule has 0 aliphatic carbocycles. The highest BCUT2D eigenvalue weighted by Crippen LogP contribution is 2.30. The number of nitroso groups, excluding NO2 is 1. The smallest absolute Gasteiger partial charge is 0.159 e. The Morgan fingerprint density at radius 1 is 0.769 bits per heavy atom. The van der Waals surface area contributed by atoms with Crippen LogP contribution >= 0.6 is 0 Å². The fourth-order valence-corrected chi connectivity index (χ4v) is 3.42. The van der Waals surface area contributed by atoms with E-state index in [2.05, 4.69) is 52.6 Å². The zero-order chi connectivity index (χ0) is 17.8. The van der Waals surface area contributed by atoms with Crippen molar-refractivity contribution in [2.45, 2.75) is 12.5 Å². The van der Waals surface area contributed by atoms with Gasteiger partial charge in [0.15, 0.2) is 6.04 Å². The minimum Gasteiger partial charge on any atom is -0.259 e. The molecule has 1 aromatic heterocycles. The lowest BCUT2D eigenvalue weighted by Crippen LogP contribution is -2.04. The molecule has 0 saturated carbocycles. The maximum absolute atomic E-state index is 11.6. The number of rotatable bonds is 5. The Morgan fingerprint density at radius 3 is 2.35 bits per heavy atom. The van der Waals surface area contributed by atoms with Gasteiger partial charge < -0.3 is 0 Å². The molecule has 3 heteroatoms. The Morgan fingerprint density at radius 2 is 1.50 bits per heavy atom. The van der Waals surface area contributed by atoms with Crippen molar-refractivity contribution >= 4 is 10.8 Å². The van der Waals surface area contributed by atoms with Gasteiger partial charge in [-0.05, 0) is 46.0 Å². The van der Waals surface area contributed by atoms with E-state index in [-0.39, 0.29) is 0 Å². The predicted octanol–water partition coefficient (Wildman–Crippen LogP) is 5.68. The summed E-state index contributed by atoms with van der Waals surface area (Å²) in [6, 6.07) is 27.7. The molecule has 0 fully saturated rings. The molecule has 1 unspecified atom stereocenters. The second-order valence-corrected chi connectivity index (χ2v) is 6.28. The Labute approximate surface area is 152 Å². The summed E-state index contributed by atoms with van der Waals surface area (Å²) < 4.78 is 0. The van der Waals surface area contributed by atoms with Gasteiger partial charge in [-0.1, -0.05) is 78.0 Å². The monoisotopic (exact) mass is 338 g/mol. The second-order valence-electron chi connectivity index (χ2n) is 6.28. The summed E-state index contributed by atoms with van der Waals surface area (Å²) in [5.74, 6) is 0. The van der Waals surface area contributed by atoms with E-state index in [1.54, 1.807) is 6.20 Å². The summed E-state index contributed by atoms with van der Waals surface area (Å²) >= 11 is 0. The van der Waals surface area contributed by atoms with Gasteiger partial charge in [-0.25, -0.2) is 0 Å². The van der Waals surface area contributed by atoms with Crippen LogP contribution in [0.1, 0.15) is 28.4 Å². The van der Waals surface area contributed by atoms with Gasteiger partial charge in [-0.15, -0.1) is 4.91 Å². The van der Waals surface area contributed by atoms with E-state index in [1.165, 1.54) is 16.3 Å². The topological polar surface area (TPSA) is 42.3 Å². The van der Waals surface area contributed by atoms with Crippen molar-refractivity contribution in [2.75, 3.05) is 0 Å². The van der Waals surface area contributed by atoms with E-state index in [4.69, 9.17) is 0 Å². The fourth-order valence-electron chi connectivity index (χ4n) is 3.42. The maximum Gasteiger partial charge on any atom is 0.159 e. The van der Waals surface area contributed by atoms with Crippen molar-refractivity contribution in [3.8, 4) is 0 Å². The third-order valence-corrected chi connectivity index (χ3v) is 4.68. The summed E-state index contributed by atoms with van der Waals surface area (Å²) in [4.78, 5) is 16.0. The minimum absolute atomic E-state index is 0.595. The number of hydrogen-bond acceptors (Lipinski definition) is 3. The van der Waals surface area contributed by atoms with Crippen LogP contribution in [0.3, 0.4) is 0 Å². The summed E-state index contributed by atoms with van der Waals surface area (Å²) in [5.41, 5.74) is 3.92. The van der Waals surface area contributed by atoms with Crippen LogP contribution in [0.2, 0.25) is 0 Å². The quantitative estimate of drug-likeness (QED) is 0.439. The second kappa shape index (κ2) is 7.28. The first kappa shape index (κ1) is 16.2. The first-order valence-corrected chi connectivity index (χ1v) is 8.64. The molecule has 3 nitrogen and oxygen atoms in total. The molecule has 0 radical (unpaired) electrons. The average Bonchev–Trinajstić information content (AvgIpc) is 2.71. The molecule has 0 saturated heterocycles. The number of benzene rings is 3. The predicted molar refractivity (Wildman–Crippen MR) is 105 cm³/mol. The van der Waals surface area contributed by atoms with Gasteiger partial charge in [0.25, 0.3) is 0 Å². The van der Waals surface area contributed by atoms with Crippen LogP contribution in [0.5, 0.6) is 0 Å². The van der Waals surface area contributed by atoms with Crippen molar-refractivity contribution in [1.82, 2.24) is 4.98 Å². The molecule has 0 N–H and O–H groups in total. The summed E-state index contributed by atoms with van der Waals surface area (Å²) in [7, 11) is 0. The van der Waals surface area contributed by atoms with E-state index in [0.29, 0.717) is 5.69 Å². The average molecular weight is 338 g/mol. The largest absolute Gasteiger partial charge is 0.259 e. The van der Waals surface area contributed by atoms with Crippen LogP contribution in [0.25, 0.3) is 10.8 Å². The third-order valence-electron chi connectivity index (χ3n) is 4.68. The maximum atomic E-state index is 11.6. The molecule has 26 heavy (non-hydrogen) atoms. The Balaban J connectivity index is 1.77. The van der Waals surface area contributed by atoms with Gasteiger partial charge in [0.1, 0.15) is 0 Å². The highest BCUT2D eigenvalue weighted by molar-refractivity contribution is 5.86. The molecule has 0 spiro atoms. The molecular formula is C23H18N2O. The Bertz CT molecular complexity index is 1040. The van der Waals surface area contributed by atoms with Crippen molar-refractivity contribution in [3.05, 3.63) is 118 Å². The molecule has 0 aliphatic rings. The van der Waals surface area contributed by atoms with Crippen molar-refractivity contribution in [2.24, 2.45) is 5.18 Å². The third kappa shape index (κ3) is 3.11. The number of hydrogen-bond donors (Lipinski definition) is 0. The SMILES string of the molecule is O=NC(c1ccccn1)c1ccccc1Cc1cccc2ccccc12. The van der Waals surface area contributed by atoms with Gasteiger partial charge in [-0.3, -0.25) is 4.98 Å². The molecule has 3 aromatic carbocycles. The van der Waals surface area contributed by atoms with Crippen LogP contribution in [-0.2, 0) is 6.42 Å². The van der Waals surface area contributed by atoms with Gasteiger partial charge in [-0.2, -0.15) is 0 Å². The van der Waals surface area contributed by atoms with Crippen molar-refractivity contribution in [3.63, 3.8) is 0 Å². The van der Waals surface area contributed by atoms with E-state index in [0.717, 1.165) is 17.5 Å². The number of nitrogens with zero attached hydrogens (tertiary/aromatic N) is 2. The zero-order valence-corrected chi connectivity index (χ0v) is 14.2. The molecule has 1 heterocycles. The molecule has 1 atom stereocenters. The van der Waals surface area contributed by atoms with Gasteiger partial charge in [0, 0.05) is 6.20 Å². The standard InChI is InChI=1S/C23H18N2O/c26-25-23(22-14-5-6-15-24-22)21-13-4-2-9-19(21)16-18-11-7-10-17-8-1-3-12-20(17)18/h1-15,23H,16H2. The summed E-state index contributed by atoms with van der Waals surface area (Å²) in [6.45, 7) is 0. The normalized spacial score (nSPS) is 12.0. The molecule has 126 valence electrons. The number of aromatic nitrogens is 1. The molecule has 0 aliphatic heterocycles. The number of fused-ring (bicyclic) bond motifs is 1. The minimum atomic E-state index is -0.595. The van der Waals surface area contributed by atoms with E-state index < -0.39 is 6.04 Å². The van der Waals surface area contributed by atoms with Crippen LogP contribution in [0.4, 0.5) is 0 Å². The van der Waals surface area contributed by atoms with Gasteiger partial charge in [0.2, 0.25) is 0 Å². The zero-order valence-electron chi connectivity index (χ0n) is 14.2.